The summed E-state index contributed by atoms with van der Waals surface area (Å²) in [6.45, 7) is 2.11. The molecule has 84 valence electrons. The molecule has 0 spiro atoms. The first-order chi connectivity index (χ1) is 7.65. The summed E-state index contributed by atoms with van der Waals surface area (Å²) in [7, 11) is 0. The number of hydrogen-bond donors (Lipinski definition) is 2. The zero-order chi connectivity index (χ0) is 11.5. The quantitative estimate of drug-likeness (QED) is 0.791. The fourth-order valence-corrected chi connectivity index (χ4v) is 1.31. The molecule has 2 aromatic heterocycles. The van der Waals surface area contributed by atoms with E-state index in [0.717, 1.165) is 0 Å². The first kappa shape index (κ1) is 10.7. The maximum absolute atomic E-state index is 5.75. The second-order valence-corrected chi connectivity index (χ2v) is 3.54. The molecule has 2 heterocycles. The highest BCUT2D eigenvalue weighted by molar-refractivity contribution is 6.29. The monoisotopic (exact) mass is 239 g/mol. The summed E-state index contributed by atoms with van der Waals surface area (Å²) < 4.78 is 4.83. The number of pyridine rings is 1. The predicted octanol–water partition coefficient (Wildman–Crippen LogP) is 1.62. The minimum Gasteiger partial charge on any atom is -0.396 e. The van der Waals surface area contributed by atoms with E-state index in [2.05, 4.69) is 20.4 Å². The van der Waals surface area contributed by atoms with E-state index in [1.54, 1.807) is 19.1 Å². The maximum Gasteiger partial charge on any atom is 0.223 e. The Morgan fingerprint density at radius 3 is 2.94 bits per heavy atom. The van der Waals surface area contributed by atoms with Crippen molar-refractivity contribution >= 4 is 23.1 Å². The maximum atomic E-state index is 5.75. The minimum absolute atomic E-state index is 0.376. The van der Waals surface area contributed by atoms with Crippen molar-refractivity contribution in [3.63, 3.8) is 0 Å². The average Bonchev–Trinajstić information content (AvgIpc) is 2.66. The van der Waals surface area contributed by atoms with Crippen LogP contribution in [0.5, 0.6) is 0 Å². The fourth-order valence-electron chi connectivity index (χ4n) is 1.16. The number of hydrogen-bond acceptors (Lipinski definition) is 6. The summed E-state index contributed by atoms with van der Waals surface area (Å²) in [6, 6.07) is 3.31. The lowest BCUT2D eigenvalue weighted by atomic mass is 10.4. The number of halogens is 1. The van der Waals surface area contributed by atoms with Crippen LogP contribution in [0.15, 0.2) is 16.7 Å². The van der Waals surface area contributed by atoms with Crippen molar-refractivity contribution in [2.24, 2.45) is 0 Å². The fraction of sp³-hybridized carbons (Fsp3) is 0.222. The number of rotatable bonds is 3. The molecule has 6 nitrogen and oxygen atoms in total. The number of nitrogens with zero attached hydrogens (tertiary/aromatic N) is 3. The van der Waals surface area contributed by atoms with Crippen LogP contribution in [0.2, 0.25) is 5.15 Å². The van der Waals surface area contributed by atoms with Gasteiger partial charge in [0.2, 0.25) is 5.89 Å². The summed E-state index contributed by atoms with van der Waals surface area (Å²) in [5.41, 5.74) is 6.23. The molecule has 0 saturated heterocycles. The Kier molecular flexibility index (Phi) is 2.91. The van der Waals surface area contributed by atoms with Crippen LogP contribution in [-0.2, 0) is 6.54 Å². The standard InChI is InChI=1S/C9H10ClN5O/c1-5-13-8(15-16-5)4-12-9-6(11)2-3-7(10)14-9/h2-3H,4,11H2,1H3,(H,12,14). The predicted molar refractivity (Wildman–Crippen MR) is 60.0 cm³/mol. The van der Waals surface area contributed by atoms with Gasteiger partial charge in [0.15, 0.2) is 11.6 Å². The second-order valence-electron chi connectivity index (χ2n) is 3.15. The number of nitrogen functional groups attached to an aromatic ring is 1. The Bertz CT molecular complexity index is 498. The average molecular weight is 240 g/mol. The molecule has 0 atom stereocenters. The molecule has 0 amide bonds. The molecule has 16 heavy (non-hydrogen) atoms. The van der Waals surface area contributed by atoms with Gasteiger partial charge in [-0.3, -0.25) is 0 Å². The van der Waals surface area contributed by atoms with Crippen molar-refractivity contribution in [2.45, 2.75) is 13.5 Å². The van der Waals surface area contributed by atoms with Crippen LogP contribution in [0.25, 0.3) is 0 Å². The van der Waals surface area contributed by atoms with Crippen LogP contribution < -0.4 is 11.1 Å². The van der Waals surface area contributed by atoms with Crippen LogP contribution >= 0.6 is 11.6 Å². The van der Waals surface area contributed by atoms with Crippen LogP contribution in [-0.4, -0.2) is 15.1 Å². The van der Waals surface area contributed by atoms with Crippen molar-refractivity contribution in [2.75, 3.05) is 11.1 Å². The lowest BCUT2D eigenvalue weighted by Gasteiger charge is -2.05. The minimum atomic E-state index is 0.376. The molecule has 0 radical (unpaired) electrons. The third kappa shape index (κ3) is 2.40. The molecule has 0 aliphatic carbocycles. The van der Waals surface area contributed by atoms with Gasteiger partial charge in [0.25, 0.3) is 0 Å². The number of aromatic nitrogens is 3. The summed E-state index contributed by atoms with van der Waals surface area (Å²) in [6.07, 6.45) is 0. The second kappa shape index (κ2) is 4.36. The van der Waals surface area contributed by atoms with Gasteiger partial charge in [-0.25, -0.2) is 4.98 Å². The lowest BCUT2D eigenvalue weighted by Crippen LogP contribution is -2.05. The Morgan fingerprint density at radius 1 is 1.44 bits per heavy atom. The van der Waals surface area contributed by atoms with Crippen LogP contribution in [0.3, 0.4) is 0 Å². The van der Waals surface area contributed by atoms with Crippen molar-refractivity contribution in [3.8, 4) is 0 Å². The molecule has 2 rings (SSSR count). The summed E-state index contributed by atoms with van der Waals surface area (Å²) in [5, 5.41) is 7.09. The van der Waals surface area contributed by atoms with E-state index in [0.29, 0.717) is 34.9 Å². The zero-order valence-electron chi connectivity index (χ0n) is 8.57. The van der Waals surface area contributed by atoms with Gasteiger partial charge >= 0.3 is 0 Å². The van der Waals surface area contributed by atoms with Gasteiger partial charge in [0, 0.05) is 6.92 Å². The molecule has 0 unspecified atom stereocenters. The topological polar surface area (TPSA) is 89.9 Å². The first-order valence-corrected chi connectivity index (χ1v) is 4.98. The molecule has 7 heteroatoms. The zero-order valence-corrected chi connectivity index (χ0v) is 9.32. The van der Waals surface area contributed by atoms with Gasteiger partial charge in [-0.15, -0.1) is 0 Å². The highest BCUT2D eigenvalue weighted by Gasteiger charge is 2.05. The summed E-state index contributed by atoms with van der Waals surface area (Å²) in [5.74, 6) is 1.57. The molecule has 0 aromatic carbocycles. The van der Waals surface area contributed by atoms with Crippen molar-refractivity contribution < 1.29 is 4.52 Å². The summed E-state index contributed by atoms with van der Waals surface area (Å²) in [4.78, 5) is 8.07. The van der Waals surface area contributed by atoms with E-state index in [-0.39, 0.29) is 0 Å². The van der Waals surface area contributed by atoms with E-state index in [1.165, 1.54) is 0 Å². The lowest BCUT2D eigenvalue weighted by molar-refractivity contribution is 0.388. The SMILES string of the molecule is Cc1nc(CNc2nc(Cl)ccc2N)no1. The van der Waals surface area contributed by atoms with Gasteiger partial charge in [0.1, 0.15) is 5.15 Å². The van der Waals surface area contributed by atoms with Crippen LogP contribution in [0.1, 0.15) is 11.7 Å². The Labute approximate surface area is 96.8 Å². The molecule has 0 bridgehead atoms. The van der Waals surface area contributed by atoms with Crippen molar-refractivity contribution in [1.29, 1.82) is 0 Å². The van der Waals surface area contributed by atoms with E-state index in [9.17, 15) is 0 Å². The van der Waals surface area contributed by atoms with Crippen LogP contribution in [0.4, 0.5) is 11.5 Å². The third-order valence-electron chi connectivity index (χ3n) is 1.88. The van der Waals surface area contributed by atoms with Crippen molar-refractivity contribution in [3.05, 3.63) is 29.0 Å². The van der Waals surface area contributed by atoms with E-state index >= 15 is 0 Å². The highest BCUT2D eigenvalue weighted by atomic mass is 35.5. The normalized spacial score (nSPS) is 10.4. The molecule has 0 fully saturated rings. The van der Waals surface area contributed by atoms with Crippen LogP contribution in [0, 0.1) is 6.92 Å². The Balaban J connectivity index is 2.07. The molecular weight excluding hydrogens is 230 g/mol. The molecule has 3 N–H and O–H groups in total. The van der Waals surface area contributed by atoms with Gasteiger partial charge in [-0.1, -0.05) is 16.8 Å². The van der Waals surface area contributed by atoms with E-state index in [1.807, 2.05) is 0 Å². The van der Waals surface area contributed by atoms with Gasteiger partial charge in [-0.05, 0) is 12.1 Å². The molecule has 2 aromatic rings. The molecular formula is C9H10ClN5O. The Hall–Kier alpha value is -1.82. The highest BCUT2D eigenvalue weighted by Crippen LogP contribution is 2.18. The summed E-state index contributed by atoms with van der Waals surface area (Å²) >= 11 is 5.75. The number of nitrogens with two attached hydrogens (primary N) is 1. The molecule has 0 aliphatic rings. The number of nitrogens with one attached hydrogen (secondary N) is 1. The van der Waals surface area contributed by atoms with Gasteiger partial charge < -0.3 is 15.6 Å². The number of anilines is 2. The Morgan fingerprint density at radius 2 is 2.25 bits per heavy atom. The van der Waals surface area contributed by atoms with Crippen molar-refractivity contribution in [1.82, 2.24) is 15.1 Å². The smallest absolute Gasteiger partial charge is 0.223 e. The van der Waals surface area contributed by atoms with Gasteiger partial charge in [-0.2, -0.15) is 4.98 Å². The molecule has 0 saturated carbocycles. The van der Waals surface area contributed by atoms with E-state index in [4.69, 9.17) is 21.9 Å². The third-order valence-corrected chi connectivity index (χ3v) is 2.09. The largest absolute Gasteiger partial charge is 0.396 e. The molecule has 0 aliphatic heterocycles. The van der Waals surface area contributed by atoms with E-state index < -0.39 is 0 Å². The first-order valence-electron chi connectivity index (χ1n) is 4.60. The number of aryl methyl sites for hydroxylation is 1. The van der Waals surface area contributed by atoms with Gasteiger partial charge in [0.05, 0.1) is 12.2 Å².